The van der Waals surface area contributed by atoms with Crippen molar-refractivity contribution in [1.29, 1.82) is 0 Å². The molecule has 0 aliphatic rings. The summed E-state index contributed by atoms with van der Waals surface area (Å²) in [5, 5.41) is 3.13. The molecule has 6 heteroatoms. The summed E-state index contributed by atoms with van der Waals surface area (Å²) >= 11 is 0. The van der Waals surface area contributed by atoms with Gasteiger partial charge in [-0.2, -0.15) is 0 Å². The van der Waals surface area contributed by atoms with Crippen molar-refractivity contribution in [3.8, 4) is 0 Å². The quantitative estimate of drug-likeness (QED) is 0.362. The van der Waals surface area contributed by atoms with Gasteiger partial charge in [0, 0.05) is 12.6 Å². The molecule has 6 nitrogen and oxygen atoms in total. The molecule has 0 aliphatic carbocycles. The number of fused-ring (bicyclic) bond motifs is 2. The molecule has 1 amide bonds. The molecule has 4 aromatic rings. The van der Waals surface area contributed by atoms with Crippen molar-refractivity contribution in [1.82, 2.24) is 19.9 Å². The summed E-state index contributed by atoms with van der Waals surface area (Å²) < 4.78 is 1.95. The van der Waals surface area contributed by atoms with E-state index in [9.17, 15) is 4.79 Å². The van der Waals surface area contributed by atoms with Crippen LogP contribution in [-0.4, -0.2) is 26.5 Å². The summed E-state index contributed by atoms with van der Waals surface area (Å²) in [7, 11) is 0. The van der Waals surface area contributed by atoms with Crippen LogP contribution >= 0.6 is 0 Å². The topological polar surface area (TPSA) is 85.8 Å². The number of nitrogens with zero attached hydrogens (tertiary/aromatic N) is 3. The molecule has 2 aromatic carbocycles. The minimum absolute atomic E-state index is 0.00835. The van der Waals surface area contributed by atoms with Gasteiger partial charge in [-0.3, -0.25) is 4.79 Å². The normalized spacial score (nSPS) is 12.3. The molecule has 2 heterocycles. The zero-order chi connectivity index (χ0) is 22.5. The molecule has 3 N–H and O–H groups in total. The Bertz CT molecular complexity index is 1220. The summed E-state index contributed by atoms with van der Waals surface area (Å²) in [6.07, 6.45) is 4.94. The molecule has 4 rings (SSSR count). The second kappa shape index (κ2) is 9.81. The minimum atomic E-state index is -0.188. The Labute approximate surface area is 188 Å². The molecular weight excluding hydrogens is 398 g/mol. The monoisotopic (exact) mass is 429 g/mol. The van der Waals surface area contributed by atoms with E-state index in [1.807, 2.05) is 54.0 Å². The van der Waals surface area contributed by atoms with E-state index in [2.05, 4.69) is 24.4 Å². The predicted octanol–water partition coefficient (Wildman–Crippen LogP) is 5.11. The lowest BCUT2D eigenvalue weighted by molar-refractivity contribution is 0.0940. The number of carbonyl (C=O) groups excluding carboxylic acids is 1. The lowest BCUT2D eigenvalue weighted by atomic mass is 10.1. The van der Waals surface area contributed by atoms with Gasteiger partial charge in [-0.15, -0.1) is 0 Å². The number of amides is 1. The number of anilines is 1. The third-order valence-corrected chi connectivity index (χ3v) is 5.89. The van der Waals surface area contributed by atoms with Gasteiger partial charge in [0.25, 0.3) is 5.91 Å². The number of hydrogen-bond donors (Lipinski definition) is 2. The number of unbranched alkanes of at least 4 members (excludes halogenated alkanes) is 2. The number of nitrogen functional groups attached to an aromatic ring is 1. The molecule has 32 heavy (non-hydrogen) atoms. The second-order valence-corrected chi connectivity index (χ2v) is 8.40. The molecule has 0 bridgehead atoms. The van der Waals surface area contributed by atoms with Crippen molar-refractivity contribution < 1.29 is 4.79 Å². The van der Waals surface area contributed by atoms with Crippen LogP contribution < -0.4 is 11.1 Å². The maximum atomic E-state index is 13.3. The number of carbonyl (C=O) groups is 1. The minimum Gasteiger partial charge on any atom is -0.384 e. The molecule has 1 atom stereocenters. The van der Waals surface area contributed by atoms with Crippen molar-refractivity contribution in [3.63, 3.8) is 0 Å². The van der Waals surface area contributed by atoms with E-state index in [0.29, 0.717) is 22.5 Å². The van der Waals surface area contributed by atoms with Crippen LogP contribution in [0.3, 0.4) is 0 Å². The number of nitrogens with two attached hydrogens (primary N) is 1. The summed E-state index contributed by atoms with van der Waals surface area (Å²) in [6.45, 7) is 4.92. The number of nitrogens with one attached hydrogen (secondary N) is 1. The van der Waals surface area contributed by atoms with Crippen LogP contribution in [0.1, 0.15) is 55.5 Å². The average Bonchev–Trinajstić information content (AvgIpc) is 3.07. The molecule has 0 unspecified atom stereocenters. The Morgan fingerprint density at radius 1 is 1.03 bits per heavy atom. The molecule has 0 aliphatic heterocycles. The van der Waals surface area contributed by atoms with Gasteiger partial charge in [0.2, 0.25) is 0 Å². The number of rotatable bonds is 9. The maximum absolute atomic E-state index is 13.3. The van der Waals surface area contributed by atoms with Crippen molar-refractivity contribution in [2.24, 2.45) is 0 Å². The van der Waals surface area contributed by atoms with Crippen molar-refractivity contribution in [2.75, 3.05) is 5.73 Å². The molecule has 0 saturated carbocycles. The number of aryl methyl sites for hydroxylation is 2. The largest absolute Gasteiger partial charge is 0.384 e. The van der Waals surface area contributed by atoms with Crippen LogP contribution in [0, 0.1) is 0 Å². The number of para-hydroxylation sites is 2. The zero-order valence-electron chi connectivity index (χ0n) is 18.8. The van der Waals surface area contributed by atoms with E-state index in [4.69, 9.17) is 15.7 Å². The highest BCUT2D eigenvalue weighted by Crippen LogP contribution is 2.28. The molecule has 0 fully saturated rings. The third-order valence-electron chi connectivity index (χ3n) is 5.89. The van der Waals surface area contributed by atoms with E-state index in [-0.39, 0.29) is 11.9 Å². The van der Waals surface area contributed by atoms with Crippen LogP contribution in [0.15, 0.2) is 54.6 Å². The second-order valence-electron chi connectivity index (χ2n) is 8.40. The lowest BCUT2D eigenvalue weighted by Crippen LogP contribution is -2.33. The first-order valence-corrected chi connectivity index (χ1v) is 11.5. The molecule has 2 aromatic heterocycles. The standard InChI is InChI=1S/C26H31N5O/c1-3-4-10-17-31-24(27)22(23-25(31)30-21-14-9-8-13-20(21)29-23)26(32)28-18(2)15-16-19-11-6-5-7-12-19/h5-9,11-14,18H,3-4,10,15-17,27H2,1-2H3,(H,28,32)/t18-/m1/s1. The SMILES string of the molecule is CCCCCn1c(N)c(C(=O)N[C@H](C)CCc2ccccc2)c2nc3ccccc3nc21. The molecule has 0 saturated heterocycles. The average molecular weight is 430 g/mol. The Kier molecular flexibility index (Phi) is 6.69. The van der Waals surface area contributed by atoms with Gasteiger partial charge in [-0.05, 0) is 43.9 Å². The van der Waals surface area contributed by atoms with Crippen LogP contribution in [0.2, 0.25) is 0 Å². The maximum Gasteiger partial charge on any atom is 0.257 e. The van der Waals surface area contributed by atoms with E-state index >= 15 is 0 Å². The van der Waals surface area contributed by atoms with E-state index in [0.717, 1.165) is 49.7 Å². The molecule has 0 radical (unpaired) electrons. The first-order chi connectivity index (χ1) is 15.6. The summed E-state index contributed by atoms with van der Waals surface area (Å²) in [5.41, 5.74) is 11.0. The van der Waals surface area contributed by atoms with Gasteiger partial charge >= 0.3 is 0 Å². The summed E-state index contributed by atoms with van der Waals surface area (Å²) in [6, 6.07) is 18.0. The number of hydrogen-bond acceptors (Lipinski definition) is 4. The van der Waals surface area contributed by atoms with E-state index < -0.39 is 0 Å². The molecular formula is C26H31N5O. The predicted molar refractivity (Wildman–Crippen MR) is 131 cm³/mol. The molecule has 0 spiro atoms. The van der Waals surface area contributed by atoms with Crippen LogP contribution in [0.25, 0.3) is 22.2 Å². The highest BCUT2D eigenvalue weighted by molar-refractivity contribution is 6.10. The Morgan fingerprint density at radius 2 is 1.72 bits per heavy atom. The van der Waals surface area contributed by atoms with Crippen LogP contribution in [0.4, 0.5) is 5.82 Å². The first kappa shape index (κ1) is 21.8. The number of benzene rings is 2. The number of aromatic nitrogens is 3. The summed E-state index contributed by atoms with van der Waals surface area (Å²) in [4.78, 5) is 22.9. The Morgan fingerprint density at radius 3 is 2.44 bits per heavy atom. The lowest BCUT2D eigenvalue weighted by Gasteiger charge is -2.14. The van der Waals surface area contributed by atoms with Gasteiger partial charge in [-0.25, -0.2) is 9.97 Å². The van der Waals surface area contributed by atoms with Crippen molar-refractivity contribution in [3.05, 3.63) is 65.7 Å². The summed E-state index contributed by atoms with van der Waals surface area (Å²) in [5.74, 6) is 0.256. The Hall–Kier alpha value is -3.41. The van der Waals surface area contributed by atoms with Gasteiger partial charge in [-0.1, -0.05) is 62.2 Å². The van der Waals surface area contributed by atoms with Crippen LogP contribution in [0.5, 0.6) is 0 Å². The van der Waals surface area contributed by atoms with Gasteiger partial charge in [0.05, 0.1) is 11.0 Å². The van der Waals surface area contributed by atoms with Crippen LogP contribution in [-0.2, 0) is 13.0 Å². The molecule has 166 valence electrons. The highest BCUT2D eigenvalue weighted by Gasteiger charge is 2.24. The third kappa shape index (κ3) is 4.59. The van der Waals surface area contributed by atoms with E-state index in [1.54, 1.807) is 0 Å². The fourth-order valence-corrected chi connectivity index (χ4v) is 4.08. The van der Waals surface area contributed by atoms with Crippen molar-refractivity contribution >= 4 is 33.9 Å². The van der Waals surface area contributed by atoms with Gasteiger partial charge < -0.3 is 15.6 Å². The van der Waals surface area contributed by atoms with Gasteiger partial charge in [0.15, 0.2) is 5.65 Å². The smallest absolute Gasteiger partial charge is 0.257 e. The fraction of sp³-hybridized carbons (Fsp3) is 0.346. The Balaban J connectivity index is 1.63. The van der Waals surface area contributed by atoms with E-state index in [1.165, 1.54) is 5.56 Å². The highest BCUT2D eigenvalue weighted by atomic mass is 16.1. The van der Waals surface area contributed by atoms with Crippen molar-refractivity contribution in [2.45, 2.75) is 58.5 Å². The zero-order valence-corrected chi connectivity index (χ0v) is 18.8. The fourth-order valence-electron chi connectivity index (χ4n) is 4.08. The van der Waals surface area contributed by atoms with Gasteiger partial charge in [0.1, 0.15) is 16.9 Å². The first-order valence-electron chi connectivity index (χ1n) is 11.5.